The molecule has 0 unspecified atom stereocenters. The number of benzene rings is 1. The molecular weight excluding hydrogens is 306 g/mol. The van der Waals surface area contributed by atoms with E-state index in [1.54, 1.807) is 19.2 Å². The number of nitrogens with one attached hydrogen (secondary N) is 1. The van der Waals surface area contributed by atoms with Gasteiger partial charge in [0.15, 0.2) is 0 Å². The number of amides is 1. The van der Waals surface area contributed by atoms with E-state index in [-0.39, 0.29) is 17.2 Å². The summed E-state index contributed by atoms with van der Waals surface area (Å²) in [7, 11) is -0.783. The fraction of sp³-hybridized carbons (Fsp3) is 0.286. The summed E-state index contributed by atoms with van der Waals surface area (Å²) in [5.74, 6) is 0.360. The second-order valence-corrected chi connectivity index (χ2v) is 6.40. The van der Waals surface area contributed by atoms with E-state index in [2.05, 4.69) is 9.71 Å². The van der Waals surface area contributed by atoms with Crippen molar-refractivity contribution in [3.8, 4) is 5.75 Å². The average molecular weight is 323 g/mol. The number of carbonyl (C=O) groups is 1. The van der Waals surface area contributed by atoms with Gasteiger partial charge in [0.05, 0.1) is 18.4 Å². The molecule has 1 aliphatic rings. The van der Waals surface area contributed by atoms with Crippen molar-refractivity contribution in [2.24, 2.45) is 4.40 Å². The number of rotatable bonds is 4. The topological polar surface area (TPSA) is 88.1 Å². The van der Waals surface area contributed by atoms with Crippen molar-refractivity contribution in [3.05, 3.63) is 41.6 Å². The Hall–Kier alpha value is -2.35. The van der Waals surface area contributed by atoms with Gasteiger partial charge in [-0.15, -0.1) is 4.40 Å². The van der Waals surface area contributed by atoms with Gasteiger partial charge in [0.2, 0.25) is 0 Å². The van der Waals surface area contributed by atoms with Crippen LogP contribution in [0.5, 0.6) is 5.75 Å². The first kappa shape index (κ1) is 16.0. The van der Waals surface area contributed by atoms with Gasteiger partial charge in [-0.3, -0.25) is 9.10 Å². The van der Waals surface area contributed by atoms with Crippen LogP contribution in [-0.4, -0.2) is 38.5 Å². The Morgan fingerprint density at radius 1 is 1.32 bits per heavy atom. The molecule has 0 bridgehead atoms. The lowest BCUT2D eigenvalue weighted by molar-refractivity contribution is -0.117. The molecule has 0 fully saturated rings. The molecule has 8 heteroatoms. The van der Waals surface area contributed by atoms with Crippen LogP contribution < -0.4 is 10.1 Å². The number of carbonyl (C=O) groups excluding carboxylic acids is 1. The van der Waals surface area contributed by atoms with E-state index in [1.165, 1.54) is 20.2 Å². The Morgan fingerprint density at radius 3 is 2.55 bits per heavy atom. The number of hydrogen-bond donors (Lipinski definition) is 1. The van der Waals surface area contributed by atoms with E-state index < -0.39 is 10.2 Å². The second-order valence-electron chi connectivity index (χ2n) is 4.74. The maximum absolute atomic E-state index is 12.2. The minimum absolute atomic E-state index is 0.172. The second kappa shape index (κ2) is 6.18. The lowest BCUT2D eigenvalue weighted by Crippen LogP contribution is -2.33. The van der Waals surface area contributed by atoms with E-state index in [0.29, 0.717) is 6.54 Å². The molecule has 1 aromatic carbocycles. The highest BCUT2D eigenvalue weighted by Gasteiger charge is 2.25. The van der Waals surface area contributed by atoms with Gasteiger partial charge in [0.1, 0.15) is 5.75 Å². The average Bonchev–Trinajstić information content (AvgIpc) is 2.48. The lowest BCUT2D eigenvalue weighted by atomic mass is 10.1. The molecule has 0 spiro atoms. The predicted molar refractivity (Wildman–Crippen MR) is 82.7 cm³/mol. The van der Waals surface area contributed by atoms with Crippen LogP contribution in [0.3, 0.4) is 0 Å². The zero-order valence-electron chi connectivity index (χ0n) is 12.5. The summed E-state index contributed by atoms with van der Waals surface area (Å²) >= 11 is 0. The molecule has 0 aliphatic carbocycles. The Bertz CT molecular complexity index is 736. The molecule has 0 saturated heterocycles. The molecule has 0 saturated carbocycles. The van der Waals surface area contributed by atoms with Crippen molar-refractivity contribution >= 4 is 21.8 Å². The van der Waals surface area contributed by atoms with Crippen LogP contribution in [0.25, 0.3) is 0 Å². The van der Waals surface area contributed by atoms with Crippen LogP contribution in [0.4, 0.5) is 0 Å². The normalized spacial score (nSPS) is 16.6. The van der Waals surface area contributed by atoms with E-state index >= 15 is 0 Å². The Morgan fingerprint density at radius 2 is 1.95 bits per heavy atom. The minimum atomic E-state index is -3.70. The third kappa shape index (κ3) is 3.45. The number of nitrogens with zero attached hydrogens (tertiary/aromatic N) is 2. The molecule has 0 radical (unpaired) electrons. The molecule has 1 heterocycles. The van der Waals surface area contributed by atoms with E-state index in [4.69, 9.17) is 4.74 Å². The van der Waals surface area contributed by atoms with Crippen LogP contribution in [0, 0.1) is 0 Å². The standard InChI is InChI=1S/C14H17N3O4S/c1-10-13(9-17(2)22(19,20)16-10)14(18)15-8-11-4-6-12(21-3)7-5-11/h4-7,9H,8H2,1-3H3,(H,15,18). The summed E-state index contributed by atoms with van der Waals surface area (Å²) in [6, 6.07) is 7.28. The minimum Gasteiger partial charge on any atom is -0.497 e. The van der Waals surface area contributed by atoms with Crippen molar-refractivity contribution in [1.29, 1.82) is 0 Å². The first-order valence-electron chi connectivity index (χ1n) is 6.51. The monoisotopic (exact) mass is 323 g/mol. The lowest BCUT2D eigenvalue weighted by Gasteiger charge is -2.19. The molecule has 2 rings (SSSR count). The molecule has 1 aliphatic heterocycles. The molecule has 7 nitrogen and oxygen atoms in total. The largest absolute Gasteiger partial charge is 0.497 e. The summed E-state index contributed by atoms with van der Waals surface area (Å²) in [5, 5.41) is 2.73. The maximum Gasteiger partial charge on any atom is 0.344 e. The number of methoxy groups -OCH3 is 1. The highest BCUT2D eigenvalue weighted by atomic mass is 32.2. The molecule has 1 aromatic rings. The summed E-state index contributed by atoms with van der Waals surface area (Å²) in [4.78, 5) is 12.2. The molecule has 118 valence electrons. The van der Waals surface area contributed by atoms with Gasteiger partial charge in [0.25, 0.3) is 5.91 Å². The van der Waals surface area contributed by atoms with Gasteiger partial charge >= 0.3 is 10.2 Å². The Balaban J connectivity index is 2.05. The van der Waals surface area contributed by atoms with Crippen molar-refractivity contribution in [2.75, 3.05) is 14.2 Å². The van der Waals surface area contributed by atoms with Crippen molar-refractivity contribution in [2.45, 2.75) is 13.5 Å². The van der Waals surface area contributed by atoms with Crippen molar-refractivity contribution < 1.29 is 17.9 Å². The Kier molecular flexibility index (Phi) is 4.51. The summed E-state index contributed by atoms with van der Waals surface area (Å²) in [5.41, 5.74) is 1.30. The van der Waals surface area contributed by atoms with Crippen molar-refractivity contribution in [1.82, 2.24) is 9.62 Å². The van der Waals surface area contributed by atoms with Gasteiger partial charge in [0, 0.05) is 19.8 Å². The smallest absolute Gasteiger partial charge is 0.344 e. The van der Waals surface area contributed by atoms with Gasteiger partial charge in [-0.25, -0.2) is 0 Å². The van der Waals surface area contributed by atoms with Gasteiger partial charge < -0.3 is 10.1 Å². The highest BCUT2D eigenvalue weighted by molar-refractivity contribution is 7.88. The quantitative estimate of drug-likeness (QED) is 0.889. The van der Waals surface area contributed by atoms with Gasteiger partial charge in [-0.1, -0.05) is 12.1 Å². The van der Waals surface area contributed by atoms with Crippen molar-refractivity contribution in [3.63, 3.8) is 0 Å². The number of hydrogen-bond acceptors (Lipinski definition) is 4. The van der Waals surface area contributed by atoms with Gasteiger partial charge in [-0.2, -0.15) is 8.42 Å². The van der Waals surface area contributed by atoms with Crippen LogP contribution in [-0.2, 0) is 21.5 Å². The fourth-order valence-corrected chi connectivity index (χ4v) is 2.68. The first-order chi connectivity index (χ1) is 10.3. The highest BCUT2D eigenvalue weighted by Crippen LogP contribution is 2.15. The Labute approximate surface area is 129 Å². The molecule has 0 aromatic heterocycles. The molecular formula is C14H17N3O4S. The van der Waals surface area contributed by atoms with Gasteiger partial charge in [-0.05, 0) is 24.6 Å². The van der Waals surface area contributed by atoms with E-state index in [0.717, 1.165) is 15.6 Å². The zero-order valence-corrected chi connectivity index (χ0v) is 13.3. The summed E-state index contributed by atoms with van der Waals surface area (Å²) in [6.07, 6.45) is 1.26. The molecule has 22 heavy (non-hydrogen) atoms. The van der Waals surface area contributed by atoms with Crippen LogP contribution in [0.2, 0.25) is 0 Å². The molecule has 1 amide bonds. The third-order valence-electron chi connectivity index (χ3n) is 3.17. The SMILES string of the molecule is COc1ccc(CNC(=O)C2=CN(C)S(=O)(=O)N=C2C)cc1. The first-order valence-corrected chi connectivity index (χ1v) is 7.91. The summed E-state index contributed by atoms with van der Waals surface area (Å²) in [6.45, 7) is 1.81. The third-order valence-corrected chi connectivity index (χ3v) is 4.51. The molecule has 1 N–H and O–H groups in total. The molecule has 0 atom stereocenters. The maximum atomic E-state index is 12.2. The van der Waals surface area contributed by atoms with Crippen LogP contribution in [0.15, 0.2) is 40.4 Å². The zero-order chi connectivity index (χ0) is 16.3. The number of ether oxygens (including phenoxy) is 1. The van der Waals surface area contributed by atoms with Crippen LogP contribution in [0.1, 0.15) is 12.5 Å². The van der Waals surface area contributed by atoms with Crippen LogP contribution >= 0.6 is 0 Å². The summed E-state index contributed by atoms with van der Waals surface area (Å²) < 4.78 is 32.6. The van der Waals surface area contributed by atoms with E-state index in [9.17, 15) is 13.2 Å². The predicted octanol–water partition coefficient (Wildman–Crippen LogP) is 0.846. The van der Waals surface area contributed by atoms with E-state index in [1.807, 2.05) is 12.1 Å². The fourth-order valence-electron chi connectivity index (χ4n) is 1.87.